The zero-order valence-electron chi connectivity index (χ0n) is 4.71. The molecule has 0 saturated carbocycles. The second-order valence-electron chi connectivity index (χ2n) is 1.51. The van der Waals surface area contributed by atoms with Crippen LogP contribution in [0, 0.1) is 3.14 Å². The molecule has 0 bridgehead atoms. The van der Waals surface area contributed by atoms with Crippen LogP contribution in [0.4, 0.5) is 0 Å². The van der Waals surface area contributed by atoms with Crippen LogP contribution in [0.5, 0.6) is 0 Å². The maximum Gasteiger partial charge on any atom is 0.170 e. The lowest BCUT2D eigenvalue weighted by atomic mass is 10.4. The average molecular weight is 176 g/mol. The Bertz CT molecular complexity index is 270. The number of carbonyl (C=O) groups is 1. The molecular formula is C5H4OS3. The molecule has 0 radical (unpaired) electrons. The first kappa shape index (κ1) is 7.05. The summed E-state index contributed by atoms with van der Waals surface area (Å²) in [6.07, 6.45) is 0. The summed E-state index contributed by atoms with van der Waals surface area (Å²) in [5, 5.41) is 1.80. The summed E-state index contributed by atoms with van der Waals surface area (Å²) in [5.74, 6) is 0.104. The molecule has 0 unspecified atom stereocenters. The van der Waals surface area contributed by atoms with Crippen LogP contribution in [0.25, 0.3) is 0 Å². The van der Waals surface area contributed by atoms with Gasteiger partial charge in [-0.15, -0.1) is 22.7 Å². The number of Topliss-reactive ketones (excluding diaryl/α,β-unsaturated/α-hetero) is 1. The molecule has 0 amide bonds. The summed E-state index contributed by atoms with van der Waals surface area (Å²) in [6.45, 7) is 1.55. The van der Waals surface area contributed by atoms with Crippen molar-refractivity contribution in [3.05, 3.63) is 13.4 Å². The maximum atomic E-state index is 10.6. The quantitative estimate of drug-likeness (QED) is 0.483. The van der Waals surface area contributed by atoms with Gasteiger partial charge in [0, 0.05) is 5.38 Å². The molecule has 0 aliphatic carbocycles. The molecule has 0 atom stereocenters. The van der Waals surface area contributed by atoms with Gasteiger partial charge >= 0.3 is 0 Å². The number of rotatable bonds is 1. The molecule has 1 aromatic heterocycles. The Hall–Kier alpha value is -0.0600. The van der Waals surface area contributed by atoms with Gasteiger partial charge in [-0.25, -0.2) is 0 Å². The highest BCUT2D eigenvalue weighted by molar-refractivity contribution is 7.76. The number of ketones is 1. The van der Waals surface area contributed by atoms with E-state index >= 15 is 0 Å². The van der Waals surface area contributed by atoms with E-state index in [4.69, 9.17) is 12.2 Å². The zero-order valence-corrected chi connectivity index (χ0v) is 7.16. The topological polar surface area (TPSA) is 17.1 Å². The monoisotopic (exact) mass is 176 g/mol. The molecule has 1 rings (SSSR count). The maximum absolute atomic E-state index is 10.6. The molecule has 4 heteroatoms. The lowest BCUT2D eigenvalue weighted by Crippen LogP contribution is -1.82. The largest absolute Gasteiger partial charge is 0.294 e. The van der Waals surface area contributed by atoms with Crippen LogP contribution >= 0.6 is 34.9 Å². The minimum atomic E-state index is 0.104. The standard InChI is InChI=1S/C5H4OS3/c1-3(6)4-2-8-5(7)9-4/h2H,1H3. The van der Waals surface area contributed by atoms with Gasteiger partial charge < -0.3 is 0 Å². The first-order valence-corrected chi connectivity index (χ1v) is 4.40. The van der Waals surface area contributed by atoms with E-state index in [1.54, 1.807) is 12.3 Å². The van der Waals surface area contributed by atoms with E-state index in [0.29, 0.717) is 0 Å². The van der Waals surface area contributed by atoms with Gasteiger partial charge in [-0.3, -0.25) is 4.79 Å². The Balaban J connectivity index is 3.12. The Morgan fingerprint density at radius 3 is 2.67 bits per heavy atom. The SMILES string of the molecule is CC(=O)c1csc(=S)s1. The van der Waals surface area contributed by atoms with Crippen molar-refractivity contribution in [2.75, 3.05) is 0 Å². The van der Waals surface area contributed by atoms with Crippen LogP contribution in [0.2, 0.25) is 0 Å². The minimum absolute atomic E-state index is 0.104. The second-order valence-corrected chi connectivity index (χ2v) is 4.62. The molecule has 0 fully saturated rings. The van der Waals surface area contributed by atoms with Crippen LogP contribution in [0.15, 0.2) is 5.38 Å². The Morgan fingerprint density at radius 1 is 1.78 bits per heavy atom. The van der Waals surface area contributed by atoms with Crippen molar-refractivity contribution < 1.29 is 4.79 Å². The smallest absolute Gasteiger partial charge is 0.170 e. The fourth-order valence-electron chi connectivity index (χ4n) is 0.394. The van der Waals surface area contributed by atoms with E-state index in [2.05, 4.69) is 0 Å². The van der Waals surface area contributed by atoms with Crippen molar-refractivity contribution in [3.63, 3.8) is 0 Å². The fourth-order valence-corrected chi connectivity index (χ4v) is 2.44. The van der Waals surface area contributed by atoms with E-state index in [-0.39, 0.29) is 5.78 Å². The molecular weight excluding hydrogens is 172 g/mol. The second kappa shape index (κ2) is 2.68. The zero-order chi connectivity index (χ0) is 6.85. The lowest BCUT2D eigenvalue weighted by molar-refractivity contribution is 0.102. The third kappa shape index (κ3) is 1.67. The molecule has 0 aromatic carbocycles. The van der Waals surface area contributed by atoms with E-state index in [0.717, 1.165) is 8.01 Å². The van der Waals surface area contributed by atoms with Gasteiger partial charge in [0.05, 0.1) is 4.88 Å². The Morgan fingerprint density at radius 2 is 2.44 bits per heavy atom. The molecule has 0 N–H and O–H groups in total. The van der Waals surface area contributed by atoms with E-state index in [1.165, 1.54) is 22.7 Å². The van der Waals surface area contributed by atoms with Crippen LogP contribution in [0.1, 0.15) is 16.6 Å². The first-order valence-electron chi connectivity index (χ1n) is 2.29. The summed E-state index contributed by atoms with van der Waals surface area (Å²) in [4.78, 5) is 11.4. The van der Waals surface area contributed by atoms with Crippen LogP contribution in [-0.2, 0) is 0 Å². The molecule has 0 saturated heterocycles. The van der Waals surface area contributed by atoms with Gasteiger partial charge in [0.2, 0.25) is 0 Å². The third-order valence-electron chi connectivity index (χ3n) is 0.802. The van der Waals surface area contributed by atoms with Gasteiger partial charge in [-0.05, 0) is 6.92 Å². The van der Waals surface area contributed by atoms with Crippen molar-refractivity contribution in [1.29, 1.82) is 0 Å². The van der Waals surface area contributed by atoms with E-state index < -0.39 is 0 Å². The van der Waals surface area contributed by atoms with Crippen molar-refractivity contribution >= 4 is 40.7 Å². The van der Waals surface area contributed by atoms with Gasteiger partial charge in [0.25, 0.3) is 0 Å². The van der Waals surface area contributed by atoms with Gasteiger partial charge in [0.15, 0.2) is 5.78 Å². The average Bonchev–Trinajstić information content (AvgIpc) is 2.14. The summed E-state index contributed by atoms with van der Waals surface area (Å²) in [5.41, 5.74) is 0. The Kier molecular flexibility index (Phi) is 2.10. The summed E-state index contributed by atoms with van der Waals surface area (Å²) in [7, 11) is 0. The van der Waals surface area contributed by atoms with Crippen molar-refractivity contribution in [2.45, 2.75) is 6.92 Å². The summed E-state index contributed by atoms with van der Waals surface area (Å²) in [6, 6.07) is 0. The number of carbonyl (C=O) groups excluding carboxylic acids is 1. The molecule has 1 nitrogen and oxygen atoms in total. The van der Waals surface area contributed by atoms with Crippen molar-refractivity contribution in [3.8, 4) is 0 Å². The normalized spacial score (nSPS) is 9.44. The number of hydrogen-bond acceptors (Lipinski definition) is 4. The Labute approximate surface area is 66.0 Å². The summed E-state index contributed by atoms with van der Waals surface area (Å²) >= 11 is 7.66. The predicted octanol–water partition coefficient (Wildman–Crippen LogP) is 2.74. The molecule has 1 heterocycles. The third-order valence-corrected chi connectivity index (χ3v) is 3.37. The molecule has 0 aliphatic rings. The molecule has 1 aromatic rings. The molecule has 0 aliphatic heterocycles. The van der Waals surface area contributed by atoms with Crippen LogP contribution < -0.4 is 0 Å². The highest BCUT2D eigenvalue weighted by Gasteiger charge is 1.98. The van der Waals surface area contributed by atoms with Crippen LogP contribution in [0.3, 0.4) is 0 Å². The van der Waals surface area contributed by atoms with Crippen molar-refractivity contribution in [1.82, 2.24) is 0 Å². The van der Waals surface area contributed by atoms with Crippen LogP contribution in [-0.4, -0.2) is 5.78 Å². The lowest BCUT2D eigenvalue weighted by Gasteiger charge is -1.78. The minimum Gasteiger partial charge on any atom is -0.294 e. The molecule has 9 heavy (non-hydrogen) atoms. The fraction of sp³-hybridized carbons (Fsp3) is 0.200. The molecule has 0 spiro atoms. The highest BCUT2D eigenvalue weighted by atomic mass is 32.2. The van der Waals surface area contributed by atoms with Gasteiger partial charge in [0.1, 0.15) is 3.14 Å². The predicted molar refractivity (Wildman–Crippen MR) is 43.0 cm³/mol. The van der Waals surface area contributed by atoms with Gasteiger partial charge in [-0.1, -0.05) is 12.2 Å². The summed E-state index contributed by atoms with van der Waals surface area (Å²) < 4.78 is 0.820. The molecule has 48 valence electrons. The van der Waals surface area contributed by atoms with E-state index in [1.807, 2.05) is 0 Å². The first-order chi connectivity index (χ1) is 4.20. The van der Waals surface area contributed by atoms with Crippen molar-refractivity contribution in [2.24, 2.45) is 0 Å². The highest BCUT2D eigenvalue weighted by Crippen LogP contribution is 2.16. The van der Waals surface area contributed by atoms with E-state index in [9.17, 15) is 4.79 Å². The van der Waals surface area contributed by atoms with Gasteiger partial charge in [-0.2, -0.15) is 0 Å². The number of hydrogen-bond donors (Lipinski definition) is 0.